The minimum Gasteiger partial charge on any atom is -0.329 e. The number of hydrogen-bond acceptors (Lipinski definition) is 3. The topological polar surface area (TPSA) is 24.9 Å². The second-order valence-electron chi connectivity index (χ2n) is 3.29. The van der Waals surface area contributed by atoms with Gasteiger partial charge in [-0.2, -0.15) is 13.2 Å². The highest BCUT2D eigenvalue weighted by molar-refractivity contribution is 9.10. The van der Waals surface area contributed by atoms with Gasteiger partial charge in [0.1, 0.15) is 10.4 Å². The quantitative estimate of drug-likeness (QED) is 0.793. The summed E-state index contributed by atoms with van der Waals surface area (Å²) >= 11 is 4.25. The summed E-state index contributed by atoms with van der Waals surface area (Å²) in [5, 5.41) is 4.45. The van der Waals surface area contributed by atoms with Gasteiger partial charge < -0.3 is 5.32 Å². The van der Waals surface area contributed by atoms with Gasteiger partial charge in [-0.05, 0) is 34.1 Å². The number of halogens is 5. The molecule has 8 heteroatoms. The van der Waals surface area contributed by atoms with E-state index in [1.165, 1.54) is 0 Å². The van der Waals surface area contributed by atoms with Gasteiger partial charge in [-0.3, -0.25) is 0 Å². The summed E-state index contributed by atoms with van der Waals surface area (Å²) in [5.74, 6) is -0.769. The second kappa shape index (κ2) is 4.85. The van der Waals surface area contributed by atoms with E-state index < -0.39 is 17.6 Å². The Morgan fingerprint density at radius 3 is 2.56 bits per heavy atom. The summed E-state index contributed by atoms with van der Waals surface area (Å²) in [6, 6.07) is 2.18. The van der Waals surface area contributed by atoms with Crippen LogP contribution in [-0.4, -0.2) is 4.98 Å². The summed E-state index contributed by atoms with van der Waals surface area (Å²) in [6.45, 7) is 0. The molecule has 0 aliphatic heterocycles. The minimum absolute atomic E-state index is 0.258. The largest absolute Gasteiger partial charge is 0.416 e. The molecule has 0 aliphatic carbocycles. The standard InChI is InChI=1S/C10H5BrF4N2S/c11-8-4-18-9(17-8)16-7-3-5(10(13,14)15)1-2-6(7)12/h1-4H,(H,16,17). The van der Waals surface area contributed by atoms with Gasteiger partial charge in [-0.15, -0.1) is 11.3 Å². The van der Waals surface area contributed by atoms with Crippen LogP contribution in [-0.2, 0) is 6.18 Å². The number of hydrogen-bond donors (Lipinski definition) is 1. The van der Waals surface area contributed by atoms with Crippen molar-refractivity contribution in [1.82, 2.24) is 4.98 Å². The maximum absolute atomic E-state index is 13.4. The summed E-state index contributed by atoms with van der Waals surface area (Å²) in [6.07, 6.45) is -4.51. The van der Waals surface area contributed by atoms with Crippen LogP contribution in [0.5, 0.6) is 0 Å². The van der Waals surface area contributed by atoms with Gasteiger partial charge in [-0.25, -0.2) is 9.37 Å². The van der Waals surface area contributed by atoms with Gasteiger partial charge in [0.05, 0.1) is 11.3 Å². The average Bonchev–Trinajstić information content (AvgIpc) is 2.66. The molecule has 18 heavy (non-hydrogen) atoms. The Hall–Kier alpha value is -1.15. The SMILES string of the molecule is Fc1ccc(C(F)(F)F)cc1Nc1nc(Br)cs1. The Bertz CT molecular complexity index is 567. The predicted molar refractivity (Wildman–Crippen MR) is 64.5 cm³/mol. The van der Waals surface area contributed by atoms with Crippen molar-refractivity contribution < 1.29 is 17.6 Å². The Morgan fingerprint density at radius 1 is 1.28 bits per heavy atom. The van der Waals surface area contributed by atoms with Crippen LogP contribution in [0.2, 0.25) is 0 Å². The molecule has 1 aromatic heterocycles. The van der Waals surface area contributed by atoms with Crippen LogP contribution in [0.25, 0.3) is 0 Å². The molecular weight excluding hydrogens is 336 g/mol. The van der Waals surface area contributed by atoms with Crippen LogP contribution in [0.3, 0.4) is 0 Å². The zero-order valence-corrected chi connectivity index (χ0v) is 11.0. The minimum atomic E-state index is -4.51. The molecule has 2 rings (SSSR count). The van der Waals surface area contributed by atoms with E-state index in [9.17, 15) is 17.6 Å². The zero-order valence-electron chi connectivity index (χ0n) is 8.55. The number of anilines is 2. The molecular formula is C10H5BrF4N2S. The summed E-state index contributed by atoms with van der Waals surface area (Å²) in [4.78, 5) is 3.92. The van der Waals surface area contributed by atoms with Crippen LogP contribution >= 0.6 is 27.3 Å². The highest BCUT2D eigenvalue weighted by atomic mass is 79.9. The Labute approximate surface area is 112 Å². The molecule has 2 aromatic rings. The molecule has 0 saturated heterocycles. The fraction of sp³-hybridized carbons (Fsp3) is 0.100. The van der Waals surface area contributed by atoms with E-state index in [-0.39, 0.29) is 5.69 Å². The zero-order chi connectivity index (χ0) is 13.3. The molecule has 0 aliphatic rings. The van der Waals surface area contributed by atoms with Gasteiger partial charge in [-0.1, -0.05) is 0 Å². The van der Waals surface area contributed by atoms with Crippen LogP contribution in [0.15, 0.2) is 28.2 Å². The molecule has 0 atom stereocenters. The van der Waals surface area contributed by atoms with Crippen molar-refractivity contribution in [3.05, 3.63) is 39.6 Å². The molecule has 2 nitrogen and oxygen atoms in total. The van der Waals surface area contributed by atoms with Crippen molar-refractivity contribution in [2.45, 2.75) is 6.18 Å². The van der Waals surface area contributed by atoms with E-state index in [2.05, 4.69) is 26.2 Å². The first-order valence-electron chi connectivity index (χ1n) is 4.61. The first-order valence-corrected chi connectivity index (χ1v) is 6.28. The predicted octanol–water partition coefficient (Wildman–Crippen LogP) is 4.81. The van der Waals surface area contributed by atoms with Crippen molar-refractivity contribution in [1.29, 1.82) is 0 Å². The molecule has 1 N–H and O–H groups in total. The third-order valence-corrected chi connectivity index (χ3v) is 3.48. The molecule has 0 amide bonds. The highest BCUT2D eigenvalue weighted by Gasteiger charge is 2.31. The number of thiazole rings is 1. The Balaban J connectivity index is 2.32. The molecule has 1 aromatic carbocycles. The maximum atomic E-state index is 13.4. The van der Waals surface area contributed by atoms with E-state index in [0.717, 1.165) is 17.4 Å². The monoisotopic (exact) mass is 340 g/mol. The molecule has 0 saturated carbocycles. The smallest absolute Gasteiger partial charge is 0.329 e. The molecule has 0 bridgehead atoms. The van der Waals surface area contributed by atoms with Crippen LogP contribution in [0.1, 0.15) is 5.56 Å². The third-order valence-electron chi connectivity index (χ3n) is 2.01. The fourth-order valence-corrected chi connectivity index (χ4v) is 2.38. The van der Waals surface area contributed by atoms with E-state index >= 15 is 0 Å². The number of nitrogens with one attached hydrogen (secondary N) is 1. The highest BCUT2D eigenvalue weighted by Crippen LogP contribution is 2.33. The van der Waals surface area contributed by atoms with Gasteiger partial charge in [0.2, 0.25) is 0 Å². The molecule has 96 valence electrons. The molecule has 1 heterocycles. The van der Waals surface area contributed by atoms with Gasteiger partial charge >= 0.3 is 6.18 Å². The molecule has 0 unspecified atom stereocenters. The van der Waals surface area contributed by atoms with Crippen LogP contribution in [0, 0.1) is 5.82 Å². The summed E-state index contributed by atoms with van der Waals surface area (Å²) in [7, 11) is 0. The van der Waals surface area contributed by atoms with E-state index in [4.69, 9.17) is 0 Å². The van der Waals surface area contributed by atoms with Crippen molar-refractivity contribution in [2.75, 3.05) is 5.32 Å². The van der Waals surface area contributed by atoms with Gasteiger partial charge in [0, 0.05) is 5.38 Å². The molecule has 0 radical (unpaired) electrons. The van der Waals surface area contributed by atoms with Crippen molar-refractivity contribution in [2.24, 2.45) is 0 Å². The first kappa shape index (κ1) is 13.3. The Morgan fingerprint density at radius 2 is 2.00 bits per heavy atom. The first-order chi connectivity index (χ1) is 8.36. The normalized spacial score (nSPS) is 11.6. The molecule has 0 spiro atoms. The number of benzene rings is 1. The Kier molecular flexibility index (Phi) is 3.58. The average molecular weight is 341 g/mol. The fourth-order valence-electron chi connectivity index (χ4n) is 1.22. The number of alkyl halides is 3. The lowest BCUT2D eigenvalue weighted by molar-refractivity contribution is -0.137. The second-order valence-corrected chi connectivity index (χ2v) is 4.96. The van der Waals surface area contributed by atoms with Gasteiger partial charge in [0.25, 0.3) is 0 Å². The van der Waals surface area contributed by atoms with Crippen molar-refractivity contribution in [3.8, 4) is 0 Å². The summed E-state index contributed by atoms with van der Waals surface area (Å²) < 4.78 is 51.3. The van der Waals surface area contributed by atoms with E-state index in [1.807, 2.05) is 0 Å². The van der Waals surface area contributed by atoms with Gasteiger partial charge in [0.15, 0.2) is 5.13 Å². The number of aromatic nitrogens is 1. The van der Waals surface area contributed by atoms with Crippen molar-refractivity contribution in [3.63, 3.8) is 0 Å². The van der Waals surface area contributed by atoms with E-state index in [0.29, 0.717) is 21.9 Å². The lowest BCUT2D eigenvalue weighted by Crippen LogP contribution is -2.06. The summed E-state index contributed by atoms with van der Waals surface area (Å²) in [5.41, 5.74) is -1.17. The third kappa shape index (κ3) is 2.99. The number of rotatable bonds is 2. The number of nitrogens with zero attached hydrogens (tertiary/aromatic N) is 1. The van der Waals surface area contributed by atoms with Crippen LogP contribution in [0.4, 0.5) is 28.4 Å². The van der Waals surface area contributed by atoms with E-state index in [1.54, 1.807) is 5.38 Å². The molecule has 0 fully saturated rings. The lowest BCUT2D eigenvalue weighted by atomic mass is 10.2. The van der Waals surface area contributed by atoms with Crippen LogP contribution < -0.4 is 5.32 Å². The maximum Gasteiger partial charge on any atom is 0.416 e. The van der Waals surface area contributed by atoms with Crippen molar-refractivity contribution >= 4 is 38.1 Å². The lowest BCUT2D eigenvalue weighted by Gasteiger charge is -2.10.